The maximum absolute atomic E-state index is 12.3. The fourth-order valence-corrected chi connectivity index (χ4v) is 2.73. The summed E-state index contributed by atoms with van der Waals surface area (Å²) in [6.07, 6.45) is 3.28. The van der Waals surface area contributed by atoms with Crippen LogP contribution in [0.1, 0.15) is 54.9 Å². The monoisotopic (exact) mass is 314 g/mol. The quantitative estimate of drug-likeness (QED) is 0.867. The van der Waals surface area contributed by atoms with Gasteiger partial charge in [0.1, 0.15) is 5.54 Å². The Morgan fingerprint density at radius 2 is 1.83 bits per heavy atom. The number of hydrogen-bond donors (Lipinski definition) is 1. The summed E-state index contributed by atoms with van der Waals surface area (Å²) < 4.78 is 5.21. The molecule has 1 aromatic rings. The first-order chi connectivity index (χ1) is 11.0. The van der Waals surface area contributed by atoms with Gasteiger partial charge in [-0.2, -0.15) is 5.26 Å². The number of benzene rings is 1. The molecule has 0 saturated heterocycles. The van der Waals surface area contributed by atoms with E-state index in [0.717, 1.165) is 24.8 Å². The van der Waals surface area contributed by atoms with Crippen LogP contribution in [0, 0.1) is 18.3 Å². The second-order valence-corrected chi connectivity index (χ2v) is 6.16. The lowest BCUT2D eigenvalue weighted by molar-refractivity contribution is -0.130. The predicted molar refractivity (Wildman–Crippen MR) is 85.6 cm³/mol. The van der Waals surface area contributed by atoms with Gasteiger partial charge in [0.15, 0.2) is 6.10 Å². The van der Waals surface area contributed by atoms with Crippen LogP contribution in [0.15, 0.2) is 24.3 Å². The Morgan fingerprint density at radius 1 is 1.22 bits per heavy atom. The van der Waals surface area contributed by atoms with Crippen molar-refractivity contribution in [2.75, 3.05) is 0 Å². The second kappa shape index (κ2) is 7.28. The van der Waals surface area contributed by atoms with Gasteiger partial charge in [-0.3, -0.25) is 4.79 Å². The molecule has 2 rings (SSSR count). The van der Waals surface area contributed by atoms with Crippen molar-refractivity contribution in [3.05, 3.63) is 35.4 Å². The smallest absolute Gasteiger partial charge is 0.338 e. The number of ether oxygens (including phenoxy) is 1. The minimum atomic E-state index is -0.934. The molecule has 122 valence electrons. The van der Waals surface area contributed by atoms with Crippen LogP contribution in [-0.2, 0) is 9.53 Å². The van der Waals surface area contributed by atoms with E-state index in [4.69, 9.17) is 4.74 Å². The number of nitrogens with zero attached hydrogens (tertiary/aromatic N) is 1. The molecule has 0 radical (unpaired) electrons. The highest BCUT2D eigenvalue weighted by Gasteiger charge is 2.35. The summed E-state index contributed by atoms with van der Waals surface area (Å²) in [5.41, 5.74) is 0.628. The van der Waals surface area contributed by atoms with Crippen LogP contribution >= 0.6 is 0 Å². The van der Waals surface area contributed by atoms with Crippen molar-refractivity contribution >= 4 is 11.9 Å². The SMILES string of the molecule is Cc1ccc(C(=O)O[C@H](C)C(=O)NC2(C#N)CCCCC2)cc1. The van der Waals surface area contributed by atoms with Gasteiger partial charge in [0.05, 0.1) is 11.6 Å². The molecule has 0 bridgehead atoms. The number of carbonyl (C=O) groups excluding carboxylic acids is 2. The Balaban J connectivity index is 1.95. The molecule has 1 saturated carbocycles. The van der Waals surface area contributed by atoms with E-state index in [-0.39, 0.29) is 0 Å². The van der Waals surface area contributed by atoms with Crippen LogP contribution in [0.2, 0.25) is 0 Å². The molecule has 1 atom stereocenters. The minimum absolute atomic E-state index is 0.405. The molecular formula is C18H22N2O3. The normalized spacial score (nSPS) is 17.6. The van der Waals surface area contributed by atoms with E-state index in [2.05, 4.69) is 11.4 Å². The molecule has 0 spiro atoms. The molecule has 23 heavy (non-hydrogen) atoms. The third-order valence-electron chi connectivity index (χ3n) is 4.22. The molecule has 0 aliphatic heterocycles. The molecule has 1 aliphatic carbocycles. The summed E-state index contributed by atoms with van der Waals surface area (Å²) in [5, 5.41) is 12.2. The van der Waals surface area contributed by atoms with Gasteiger partial charge in [-0.05, 0) is 38.8 Å². The summed E-state index contributed by atoms with van der Waals surface area (Å²) in [4.78, 5) is 24.3. The second-order valence-electron chi connectivity index (χ2n) is 6.16. The lowest BCUT2D eigenvalue weighted by Gasteiger charge is -2.32. The predicted octanol–water partition coefficient (Wildman–Crippen LogP) is 2.88. The Morgan fingerprint density at radius 3 is 2.39 bits per heavy atom. The third kappa shape index (κ3) is 4.32. The van der Waals surface area contributed by atoms with Gasteiger partial charge < -0.3 is 10.1 Å². The minimum Gasteiger partial charge on any atom is -0.449 e. The summed E-state index contributed by atoms with van der Waals surface area (Å²) >= 11 is 0. The number of nitrogens with one attached hydrogen (secondary N) is 1. The third-order valence-corrected chi connectivity index (χ3v) is 4.22. The summed E-state index contributed by atoms with van der Waals surface area (Å²) in [6.45, 7) is 3.45. The first-order valence-electron chi connectivity index (χ1n) is 7.97. The number of rotatable bonds is 4. The number of hydrogen-bond acceptors (Lipinski definition) is 4. The molecule has 1 aliphatic rings. The van der Waals surface area contributed by atoms with Gasteiger partial charge in [-0.1, -0.05) is 37.0 Å². The van der Waals surface area contributed by atoms with Gasteiger partial charge in [0, 0.05) is 0 Å². The highest BCUT2D eigenvalue weighted by molar-refractivity contribution is 5.92. The van der Waals surface area contributed by atoms with Gasteiger partial charge in [-0.15, -0.1) is 0 Å². The van der Waals surface area contributed by atoms with Gasteiger partial charge in [-0.25, -0.2) is 4.79 Å². The molecule has 1 aromatic carbocycles. The van der Waals surface area contributed by atoms with Crippen LogP contribution in [-0.4, -0.2) is 23.5 Å². The van der Waals surface area contributed by atoms with Crippen molar-refractivity contribution in [3.8, 4) is 6.07 Å². The highest BCUT2D eigenvalue weighted by Crippen LogP contribution is 2.27. The molecule has 5 heteroatoms. The Labute approximate surface area is 136 Å². The summed E-state index contributed by atoms with van der Waals surface area (Å²) in [6, 6.07) is 9.18. The highest BCUT2D eigenvalue weighted by atomic mass is 16.5. The molecule has 5 nitrogen and oxygen atoms in total. The number of aryl methyl sites for hydroxylation is 1. The van der Waals surface area contributed by atoms with Crippen molar-refractivity contribution in [1.82, 2.24) is 5.32 Å². The van der Waals surface area contributed by atoms with E-state index in [1.807, 2.05) is 19.1 Å². The van der Waals surface area contributed by atoms with E-state index in [9.17, 15) is 14.9 Å². The topological polar surface area (TPSA) is 79.2 Å². The molecular weight excluding hydrogens is 292 g/mol. The fraction of sp³-hybridized carbons (Fsp3) is 0.500. The molecule has 1 amide bonds. The molecule has 1 fully saturated rings. The molecule has 0 aromatic heterocycles. The zero-order valence-electron chi connectivity index (χ0n) is 13.6. The van der Waals surface area contributed by atoms with Crippen LogP contribution in [0.3, 0.4) is 0 Å². The van der Waals surface area contributed by atoms with Gasteiger partial charge in [0.2, 0.25) is 0 Å². The summed E-state index contributed by atoms with van der Waals surface area (Å²) in [7, 11) is 0. The first-order valence-corrected chi connectivity index (χ1v) is 7.97. The van der Waals surface area contributed by atoms with Crippen molar-refractivity contribution in [3.63, 3.8) is 0 Å². The fourth-order valence-electron chi connectivity index (χ4n) is 2.73. The number of amides is 1. The van der Waals surface area contributed by atoms with E-state index < -0.39 is 23.5 Å². The lowest BCUT2D eigenvalue weighted by Crippen LogP contribution is -2.52. The average Bonchev–Trinajstić information content (AvgIpc) is 2.56. The van der Waals surface area contributed by atoms with E-state index in [1.165, 1.54) is 6.92 Å². The maximum atomic E-state index is 12.3. The van der Waals surface area contributed by atoms with Crippen molar-refractivity contribution in [2.45, 2.75) is 57.6 Å². The average molecular weight is 314 g/mol. The van der Waals surface area contributed by atoms with Crippen LogP contribution in [0.25, 0.3) is 0 Å². The van der Waals surface area contributed by atoms with Crippen molar-refractivity contribution in [2.24, 2.45) is 0 Å². The lowest BCUT2D eigenvalue weighted by atomic mass is 9.83. The Bertz CT molecular complexity index is 610. The molecule has 0 heterocycles. The standard InChI is InChI=1S/C18H22N2O3/c1-13-6-8-15(9-7-13)17(22)23-14(2)16(21)20-18(12-19)10-4-3-5-11-18/h6-9,14H,3-5,10-11H2,1-2H3,(H,20,21)/t14-/m1/s1. The number of nitriles is 1. The van der Waals surface area contributed by atoms with E-state index >= 15 is 0 Å². The van der Waals surface area contributed by atoms with Gasteiger partial charge in [0.25, 0.3) is 5.91 Å². The Hall–Kier alpha value is -2.35. The van der Waals surface area contributed by atoms with Crippen LogP contribution in [0.5, 0.6) is 0 Å². The van der Waals surface area contributed by atoms with Crippen LogP contribution < -0.4 is 5.32 Å². The largest absolute Gasteiger partial charge is 0.449 e. The molecule has 0 unspecified atom stereocenters. The van der Waals surface area contributed by atoms with E-state index in [1.54, 1.807) is 12.1 Å². The number of carbonyl (C=O) groups is 2. The number of esters is 1. The zero-order chi connectivity index (χ0) is 16.9. The van der Waals surface area contributed by atoms with E-state index in [0.29, 0.717) is 18.4 Å². The molecule has 1 N–H and O–H groups in total. The zero-order valence-corrected chi connectivity index (χ0v) is 13.6. The Kier molecular flexibility index (Phi) is 5.38. The van der Waals surface area contributed by atoms with Crippen LogP contribution in [0.4, 0.5) is 0 Å². The summed E-state index contributed by atoms with van der Waals surface area (Å²) in [5.74, 6) is -0.962. The maximum Gasteiger partial charge on any atom is 0.338 e. The van der Waals surface area contributed by atoms with Gasteiger partial charge >= 0.3 is 5.97 Å². The van der Waals surface area contributed by atoms with Crippen molar-refractivity contribution < 1.29 is 14.3 Å². The van der Waals surface area contributed by atoms with Crippen molar-refractivity contribution in [1.29, 1.82) is 5.26 Å². The first kappa shape index (κ1) is 17.0.